The van der Waals surface area contributed by atoms with Crippen molar-refractivity contribution in [1.82, 2.24) is 0 Å². The summed E-state index contributed by atoms with van der Waals surface area (Å²) in [4.78, 5) is 51.3. The summed E-state index contributed by atoms with van der Waals surface area (Å²) in [5.74, 6) is -4.20. The molecule has 0 amide bonds. The van der Waals surface area contributed by atoms with Crippen molar-refractivity contribution in [3.05, 3.63) is 225 Å². The number of carboxylic acid groups (broad SMARTS) is 4. The first-order valence-corrected chi connectivity index (χ1v) is 19.3. The van der Waals surface area contributed by atoms with E-state index < -0.39 is 23.9 Å². The van der Waals surface area contributed by atoms with Crippen LogP contribution >= 0.6 is 0 Å². The zero-order valence-electron chi connectivity index (χ0n) is 34.3. The molecule has 0 aromatic heterocycles. The van der Waals surface area contributed by atoms with E-state index in [2.05, 4.69) is 6.58 Å². The monoisotopic (exact) mass is 827 g/mol. The summed E-state index contributed by atoms with van der Waals surface area (Å²) in [5.41, 5.74) is 23.2. The van der Waals surface area contributed by atoms with Crippen molar-refractivity contribution in [2.45, 2.75) is 27.2 Å². The van der Waals surface area contributed by atoms with Crippen LogP contribution in [0.15, 0.2) is 185 Å². The van der Waals surface area contributed by atoms with Gasteiger partial charge in [0.05, 0.1) is 33.7 Å². The minimum Gasteiger partial charge on any atom is -0.478 e. The average Bonchev–Trinajstić information content (AvgIpc) is 3.73. The van der Waals surface area contributed by atoms with Crippen LogP contribution in [0.5, 0.6) is 0 Å². The van der Waals surface area contributed by atoms with Crippen LogP contribution < -0.4 is 11.5 Å². The summed E-state index contributed by atoms with van der Waals surface area (Å²) in [7, 11) is 0. The van der Waals surface area contributed by atoms with Gasteiger partial charge in [0.25, 0.3) is 0 Å². The summed E-state index contributed by atoms with van der Waals surface area (Å²) >= 11 is 0. The van der Waals surface area contributed by atoms with E-state index in [4.69, 9.17) is 16.5 Å². The van der Waals surface area contributed by atoms with Crippen LogP contribution in [0.3, 0.4) is 0 Å². The molecule has 62 heavy (non-hydrogen) atoms. The first-order chi connectivity index (χ1) is 29.6. The van der Waals surface area contributed by atoms with Crippen molar-refractivity contribution in [2.24, 2.45) is 16.5 Å². The van der Waals surface area contributed by atoms with Gasteiger partial charge in [0.15, 0.2) is 0 Å². The molecule has 0 fully saturated rings. The minimum absolute atomic E-state index is 0.107. The van der Waals surface area contributed by atoms with Crippen molar-refractivity contribution in [1.29, 1.82) is 0 Å². The SMILES string of the molecule is C=C/C=C(N)/C(=C1/C=CC(C(=C(C)/C=C\C(N)=C(\C/C=C\C(C)=C(\C)c2ccc(C(=O)O)cc2)c2ccc(C(=O)O)cc2)/c2ccc(C(=O)O)cc2)=N1)c1ccc(C(=O)O)cc1. The standard InChI is InChI=1S/C51H45N3O8/c1-5-7-43(53)47(36-17-25-40(26-18-36)51(61)62)45-29-28-44(54-45)46(35-15-23-39(24-16-35)50(59)60)31(3)10-27-42(52)41(34-13-21-38(22-14-34)49(57)58)9-6-8-30(2)32(4)33-11-19-37(20-12-33)48(55)56/h5-8,10-29H,1,9,52-53H2,2-4H3,(H,55,56)(H,57,58)(H,59,60)(H,61,62)/b8-6-,27-10-,32-30-,42-41+,43-7-,46-31+,47-45-. The van der Waals surface area contributed by atoms with Crippen molar-refractivity contribution in [3.8, 4) is 0 Å². The zero-order valence-corrected chi connectivity index (χ0v) is 34.3. The lowest BCUT2D eigenvalue weighted by molar-refractivity contribution is 0.0686. The first kappa shape index (κ1) is 44.8. The van der Waals surface area contributed by atoms with Crippen molar-refractivity contribution in [3.63, 3.8) is 0 Å². The number of aliphatic imine (C=N–C) groups is 1. The normalized spacial score (nSPS) is 14.8. The largest absolute Gasteiger partial charge is 0.478 e. The fourth-order valence-electron chi connectivity index (χ4n) is 6.63. The van der Waals surface area contributed by atoms with Crippen LogP contribution in [0.25, 0.3) is 22.3 Å². The quantitative estimate of drug-likeness (QED) is 0.0588. The number of allylic oxidation sites excluding steroid dienone is 14. The fraction of sp³-hybridized carbons (Fsp3) is 0.0784. The third-order valence-corrected chi connectivity index (χ3v) is 10.2. The van der Waals surface area contributed by atoms with E-state index in [1.165, 1.54) is 36.4 Å². The third-order valence-electron chi connectivity index (χ3n) is 10.2. The lowest BCUT2D eigenvalue weighted by Crippen LogP contribution is -2.04. The Kier molecular flexibility index (Phi) is 14.5. The molecular weight excluding hydrogens is 783 g/mol. The highest BCUT2D eigenvalue weighted by Gasteiger charge is 2.20. The van der Waals surface area contributed by atoms with Gasteiger partial charge in [0, 0.05) is 22.5 Å². The van der Waals surface area contributed by atoms with Crippen LogP contribution in [-0.4, -0.2) is 50.0 Å². The Morgan fingerprint density at radius 1 is 0.565 bits per heavy atom. The Bertz CT molecular complexity index is 2720. The molecule has 0 saturated heterocycles. The van der Waals surface area contributed by atoms with E-state index in [0.29, 0.717) is 57.1 Å². The average molecular weight is 828 g/mol. The molecular formula is C51H45N3O8. The molecule has 11 heteroatoms. The van der Waals surface area contributed by atoms with E-state index >= 15 is 0 Å². The number of aromatic carboxylic acids is 4. The highest BCUT2D eigenvalue weighted by atomic mass is 16.4. The Hall–Kier alpha value is -8.31. The third kappa shape index (κ3) is 10.8. The topological polar surface area (TPSA) is 214 Å². The highest BCUT2D eigenvalue weighted by Crippen LogP contribution is 2.33. The van der Waals surface area contributed by atoms with Crippen molar-refractivity contribution in [2.75, 3.05) is 0 Å². The molecule has 312 valence electrons. The van der Waals surface area contributed by atoms with Gasteiger partial charge < -0.3 is 31.9 Å². The Morgan fingerprint density at radius 3 is 1.47 bits per heavy atom. The lowest BCUT2D eigenvalue weighted by atomic mass is 9.94. The molecule has 0 spiro atoms. The number of nitrogens with two attached hydrogens (primary N) is 2. The molecule has 11 nitrogen and oxygen atoms in total. The molecule has 1 aliphatic rings. The molecule has 0 radical (unpaired) electrons. The molecule has 1 heterocycles. The van der Waals surface area contributed by atoms with E-state index in [1.807, 2.05) is 45.1 Å². The molecule has 0 aliphatic carbocycles. The van der Waals surface area contributed by atoms with Crippen LogP contribution in [0.2, 0.25) is 0 Å². The number of benzene rings is 4. The molecule has 5 rings (SSSR count). The highest BCUT2D eigenvalue weighted by molar-refractivity contribution is 6.32. The number of hydrogen-bond acceptors (Lipinski definition) is 7. The molecule has 0 unspecified atom stereocenters. The maximum Gasteiger partial charge on any atom is 0.335 e. The second-order valence-corrected chi connectivity index (χ2v) is 14.2. The van der Waals surface area contributed by atoms with Gasteiger partial charge in [0.1, 0.15) is 0 Å². The Morgan fingerprint density at radius 2 is 1.00 bits per heavy atom. The summed E-state index contributed by atoms with van der Waals surface area (Å²) in [6, 6.07) is 25.8. The minimum atomic E-state index is -1.07. The second kappa shape index (κ2) is 20.1. The fourth-order valence-corrected chi connectivity index (χ4v) is 6.63. The van der Waals surface area contributed by atoms with Crippen molar-refractivity contribution >= 4 is 51.9 Å². The van der Waals surface area contributed by atoms with Crippen LogP contribution in [0, 0.1) is 0 Å². The Labute approximate surface area is 359 Å². The first-order valence-electron chi connectivity index (χ1n) is 19.3. The van der Waals surface area contributed by atoms with Gasteiger partial charge in [-0.1, -0.05) is 79.4 Å². The summed E-state index contributed by atoms with van der Waals surface area (Å²) in [6.45, 7) is 9.54. The van der Waals surface area contributed by atoms with E-state index in [9.17, 15) is 39.6 Å². The van der Waals surface area contributed by atoms with Gasteiger partial charge in [0.2, 0.25) is 0 Å². The molecule has 8 N–H and O–H groups in total. The molecule has 1 aliphatic heterocycles. The molecule has 4 aromatic carbocycles. The van der Waals surface area contributed by atoms with Crippen LogP contribution in [0.1, 0.15) is 90.9 Å². The van der Waals surface area contributed by atoms with Crippen LogP contribution in [0.4, 0.5) is 0 Å². The van der Waals surface area contributed by atoms with Crippen molar-refractivity contribution < 1.29 is 39.6 Å². The second-order valence-electron chi connectivity index (χ2n) is 14.2. The van der Waals surface area contributed by atoms with Gasteiger partial charge in [-0.25, -0.2) is 24.2 Å². The van der Waals surface area contributed by atoms with Gasteiger partial charge in [-0.15, -0.1) is 0 Å². The maximum atomic E-state index is 11.8. The molecule has 0 saturated carbocycles. The smallest absolute Gasteiger partial charge is 0.335 e. The number of carboxylic acids is 4. The number of rotatable bonds is 16. The summed E-state index contributed by atoms with van der Waals surface area (Å²) < 4.78 is 0. The Balaban J connectivity index is 1.61. The van der Waals surface area contributed by atoms with E-state index in [1.54, 1.807) is 85.0 Å². The predicted octanol–water partition coefficient (Wildman–Crippen LogP) is 10.1. The van der Waals surface area contributed by atoms with Crippen LogP contribution in [-0.2, 0) is 0 Å². The van der Waals surface area contributed by atoms with E-state index in [0.717, 1.165) is 27.9 Å². The van der Waals surface area contributed by atoms with Gasteiger partial charge >= 0.3 is 23.9 Å². The molecule has 0 bridgehead atoms. The van der Waals surface area contributed by atoms with Gasteiger partial charge in [-0.05, 0) is 145 Å². The van der Waals surface area contributed by atoms with E-state index in [-0.39, 0.29) is 22.3 Å². The molecule has 4 aromatic rings. The number of hydrogen-bond donors (Lipinski definition) is 6. The maximum absolute atomic E-state index is 11.8. The van der Waals surface area contributed by atoms with Gasteiger partial charge in [-0.3, -0.25) is 0 Å². The summed E-state index contributed by atoms with van der Waals surface area (Å²) in [5, 5.41) is 37.9. The number of carbonyl (C=O) groups is 4. The zero-order chi connectivity index (χ0) is 45.1. The predicted molar refractivity (Wildman–Crippen MR) is 244 cm³/mol. The van der Waals surface area contributed by atoms with Gasteiger partial charge in [-0.2, -0.15) is 0 Å². The number of nitrogens with zero attached hydrogens (tertiary/aromatic N) is 1. The molecule has 0 atom stereocenters. The summed E-state index contributed by atoms with van der Waals surface area (Å²) in [6.07, 6.45) is 14.6. The lowest BCUT2D eigenvalue weighted by Gasteiger charge is -2.13.